The molecule has 0 radical (unpaired) electrons. The highest BCUT2D eigenvalue weighted by Gasteiger charge is 2.23. The fraction of sp³-hybridized carbons (Fsp3) is 0. The molecule has 15 rings (SSSR count). The van der Waals surface area contributed by atoms with E-state index in [0.717, 1.165) is 77.2 Å². The molecule has 0 unspecified atom stereocenters. The molecule has 11 aromatic carbocycles. The maximum absolute atomic E-state index is 5.66. The summed E-state index contributed by atoms with van der Waals surface area (Å²) in [6.07, 6.45) is 0. The molecule has 0 N–H and O–H groups in total. The van der Waals surface area contributed by atoms with E-state index in [4.69, 9.17) is 9.97 Å². The van der Waals surface area contributed by atoms with Crippen molar-refractivity contribution in [3.63, 3.8) is 0 Å². The molecule has 4 heterocycles. The van der Waals surface area contributed by atoms with Gasteiger partial charge in [0.15, 0.2) is 0 Å². The number of para-hydroxylation sites is 5. The van der Waals surface area contributed by atoms with Crippen LogP contribution in [0.15, 0.2) is 243 Å². The number of hydrogen-bond acceptors (Lipinski definition) is 2. The summed E-state index contributed by atoms with van der Waals surface area (Å²) >= 11 is 0. The van der Waals surface area contributed by atoms with Crippen LogP contribution < -0.4 is 0 Å². The van der Waals surface area contributed by atoms with Gasteiger partial charge in [0.25, 0.3) is 0 Å². The van der Waals surface area contributed by atoms with Crippen LogP contribution in [-0.4, -0.2) is 19.1 Å². The van der Waals surface area contributed by atoms with Crippen molar-refractivity contribution in [3.05, 3.63) is 243 Å². The van der Waals surface area contributed by atoms with Gasteiger partial charge in [-0.1, -0.05) is 188 Å². The smallest absolute Gasteiger partial charge is 0.0978 e. The third-order valence-electron chi connectivity index (χ3n) is 14.6. The molecule has 4 heteroatoms. The molecule has 0 aliphatic carbocycles. The average Bonchev–Trinajstić information content (AvgIpc) is 3.95. The van der Waals surface area contributed by atoms with Gasteiger partial charge in [-0.3, -0.25) is 0 Å². The minimum absolute atomic E-state index is 0.893. The monoisotopic (exact) mass is 888 g/mol. The molecule has 0 aliphatic rings. The van der Waals surface area contributed by atoms with Gasteiger partial charge in [-0.25, -0.2) is 9.97 Å². The van der Waals surface area contributed by atoms with E-state index in [2.05, 4.69) is 252 Å². The predicted octanol–water partition coefficient (Wildman–Crippen LogP) is 17.4. The van der Waals surface area contributed by atoms with Crippen molar-refractivity contribution in [1.82, 2.24) is 19.1 Å². The molecule has 0 saturated heterocycles. The fourth-order valence-corrected chi connectivity index (χ4v) is 11.7. The van der Waals surface area contributed by atoms with Crippen LogP contribution in [0.25, 0.3) is 143 Å². The zero-order valence-electron chi connectivity index (χ0n) is 37.9. The van der Waals surface area contributed by atoms with Crippen molar-refractivity contribution in [1.29, 1.82) is 0 Å². The van der Waals surface area contributed by atoms with E-state index >= 15 is 0 Å². The first-order valence-electron chi connectivity index (χ1n) is 24.0. The molecule has 0 spiro atoms. The summed E-state index contributed by atoms with van der Waals surface area (Å²) in [6, 6.07) is 88.2. The molecule has 0 saturated carbocycles. The Hall–Kier alpha value is -9.38. The lowest BCUT2D eigenvalue weighted by Gasteiger charge is -2.20. The summed E-state index contributed by atoms with van der Waals surface area (Å²) in [6.45, 7) is 0. The molecular weight excluding hydrogens is 849 g/mol. The minimum Gasteiger partial charge on any atom is -0.309 e. The lowest BCUT2D eigenvalue weighted by atomic mass is 9.86. The topological polar surface area (TPSA) is 35.6 Å². The molecule has 70 heavy (non-hydrogen) atoms. The maximum atomic E-state index is 5.66. The molecule has 0 amide bonds. The van der Waals surface area contributed by atoms with Gasteiger partial charge in [0, 0.05) is 60.2 Å². The Morgan fingerprint density at radius 3 is 1.20 bits per heavy atom. The number of pyridine rings is 2. The second-order valence-electron chi connectivity index (χ2n) is 18.4. The molecule has 15 aromatic rings. The van der Waals surface area contributed by atoms with Crippen LogP contribution >= 0.6 is 0 Å². The third-order valence-corrected chi connectivity index (χ3v) is 14.6. The highest BCUT2D eigenvalue weighted by Crippen LogP contribution is 2.46. The summed E-state index contributed by atoms with van der Waals surface area (Å²) in [7, 11) is 0. The Labute approximate surface area is 402 Å². The third kappa shape index (κ3) is 5.65. The minimum atomic E-state index is 0.893. The quantitative estimate of drug-likeness (QED) is 0.127. The van der Waals surface area contributed by atoms with Gasteiger partial charge in [0.05, 0.1) is 44.3 Å². The van der Waals surface area contributed by atoms with Crippen LogP contribution in [0, 0.1) is 0 Å². The second-order valence-corrected chi connectivity index (χ2v) is 18.4. The number of fused-ring (bicyclic) bond motifs is 12. The van der Waals surface area contributed by atoms with E-state index in [1.807, 2.05) is 0 Å². The van der Waals surface area contributed by atoms with Gasteiger partial charge in [0.1, 0.15) is 0 Å². The predicted molar refractivity (Wildman–Crippen MR) is 295 cm³/mol. The largest absolute Gasteiger partial charge is 0.309 e. The number of rotatable bonds is 5. The Morgan fingerprint density at radius 1 is 0.257 bits per heavy atom. The molecule has 0 aliphatic heterocycles. The van der Waals surface area contributed by atoms with Crippen LogP contribution in [0.5, 0.6) is 0 Å². The molecule has 0 fully saturated rings. The van der Waals surface area contributed by atoms with E-state index in [1.54, 1.807) is 0 Å². The SMILES string of the molecule is c1ccc(-c2c3ccccc3nc3c2ccc2ccc(-c4c5ccccc5c(-c5cc(-n6c7ccccc7c7ccccc76)cc(-n6c7ccccc7c7ccccc76)c5)c5ccccc45)nc23)cc1. The lowest BCUT2D eigenvalue weighted by molar-refractivity contribution is 1.14. The van der Waals surface area contributed by atoms with Crippen LogP contribution in [-0.2, 0) is 0 Å². The highest BCUT2D eigenvalue weighted by atomic mass is 15.0. The maximum Gasteiger partial charge on any atom is 0.0978 e. The van der Waals surface area contributed by atoms with Crippen LogP contribution in [0.1, 0.15) is 0 Å². The normalized spacial score (nSPS) is 12.0. The average molecular weight is 889 g/mol. The molecule has 324 valence electrons. The standard InChI is InChI=1S/C66H40N4/c1-2-18-41(19-3-1)62-54-28-8-13-29-56(54)67-66-55(62)36-34-42-35-37-57(68-65(42)66)64-52-26-6-4-24-50(52)63(51-25-5-7-27-53(51)64)43-38-44(69-58-30-14-9-20-46(58)47-21-10-15-31-59(47)69)40-45(39-43)70-60-32-16-11-22-48(60)49-23-12-17-33-61(49)70/h1-40H. The second kappa shape index (κ2) is 15.1. The number of benzene rings is 11. The van der Waals surface area contributed by atoms with Crippen molar-refractivity contribution < 1.29 is 0 Å². The van der Waals surface area contributed by atoms with Crippen molar-refractivity contribution in [2.45, 2.75) is 0 Å². The molecular formula is C66H40N4. The van der Waals surface area contributed by atoms with Crippen LogP contribution in [0.4, 0.5) is 0 Å². The van der Waals surface area contributed by atoms with Gasteiger partial charge < -0.3 is 9.13 Å². The zero-order valence-corrected chi connectivity index (χ0v) is 37.9. The van der Waals surface area contributed by atoms with Crippen molar-refractivity contribution in [2.24, 2.45) is 0 Å². The zero-order chi connectivity index (χ0) is 45.9. The van der Waals surface area contributed by atoms with Gasteiger partial charge in [-0.2, -0.15) is 0 Å². The first kappa shape index (κ1) is 38.7. The van der Waals surface area contributed by atoms with E-state index in [0.29, 0.717) is 0 Å². The Bertz CT molecular complexity index is 4360. The van der Waals surface area contributed by atoms with Crippen LogP contribution in [0.3, 0.4) is 0 Å². The highest BCUT2D eigenvalue weighted by molar-refractivity contribution is 6.23. The number of aromatic nitrogens is 4. The fourth-order valence-electron chi connectivity index (χ4n) is 11.7. The molecule has 0 atom stereocenters. The van der Waals surface area contributed by atoms with E-state index in [9.17, 15) is 0 Å². The van der Waals surface area contributed by atoms with Gasteiger partial charge in [0.2, 0.25) is 0 Å². The summed E-state index contributed by atoms with van der Waals surface area (Å²) in [5.41, 5.74) is 16.3. The Kier molecular flexibility index (Phi) is 8.33. The van der Waals surface area contributed by atoms with E-state index < -0.39 is 0 Å². The summed E-state index contributed by atoms with van der Waals surface area (Å²) in [5, 5.41) is 12.8. The first-order chi connectivity index (χ1) is 34.7. The number of hydrogen-bond donors (Lipinski definition) is 0. The van der Waals surface area contributed by atoms with Gasteiger partial charge in [-0.05, 0) is 92.8 Å². The molecule has 4 nitrogen and oxygen atoms in total. The van der Waals surface area contributed by atoms with E-state index in [1.165, 1.54) is 65.5 Å². The summed E-state index contributed by atoms with van der Waals surface area (Å²) in [5.74, 6) is 0. The van der Waals surface area contributed by atoms with Crippen molar-refractivity contribution >= 4 is 97.9 Å². The lowest BCUT2D eigenvalue weighted by Crippen LogP contribution is -2.01. The Morgan fingerprint density at radius 2 is 0.671 bits per heavy atom. The Balaban J connectivity index is 1.03. The van der Waals surface area contributed by atoms with Crippen LogP contribution in [0.2, 0.25) is 0 Å². The van der Waals surface area contributed by atoms with Gasteiger partial charge >= 0.3 is 0 Å². The molecule has 4 aromatic heterocycles. The van der Waals surface area contributed by atoms with Gasteiger partial charge in [-0.15, -0.1) is 0 Å². The number of nitrogens with zero attached hydrogens (tertiary/aromatic N) is 4. The first-order valence-corrected chi connectivity index (χ1v) is 24.0. The molecule has 0 bridgehead atoms. The van der Waals surface area contributed by atoms with E-state index in [-0.39, 0.29) is 0 Å². The van der Waals surface area contributed by atoms with Crippen molar-refractivity contribution in [2.75, 3.05) is 0 Å². The summed E-state index contributed by atoms with van der Waals surface area (Å²) < 4.78 is 4.90. The summed E-state index contributed by atoms with van der Waals surface area (Å²) in [4.78, 5) is 11.0. The van der Waals surface area contributed by atoms with Crippen molar-refractivity contribution in [3.8, 4) is 44.9 Å².